The fourth-order valence-electron chi connectivity index (χ4n) is 5.22. The third-order valence-corrected chi connectivity index (χ3v) is 6.67. The standard InChI is InChI=1S/C22H27N7/c1-27(2)21-22(25-9-8-24-21)28-10-6-15-7-11-29(19(15)14-28)20-17(13-23)12-16-4-3-5-18(16)26-20/h8-9,12,15,19H,3-7,10-11,14H2,1-2H3. The van der Waals surface area contributed by atoms with Crippen LogP contribution in [0, 0.1) is 17.2 Å². The number of anilines is 3. The van der Waals surface area contributed by atoms with Gasteiger partial charge >= 0.3 is 0 Å². The van der Waals surface area contributed by atoms with Crippen LogP contribution in [0.5, 0.6) is 0 Å². The minimum atomic E-state index is 0.361. The van der Waals surface area contributed by atoms with Gasteiger partial charge in [-0.3, -0.25) is 0 Å². The molecule has 0 saturated carbocycles. The molecule has 2 aromatic rings. The van der Waals surface area contributed by atoms with Crippen molar-refractivity contribution in [2.24, 2.45) is 5.92 Å². The highest BCUT2D eigenvalue weighted by Gasteiger charge is 2.41. The van der Waals surface area contributed by atoms with Crippen molar-refractivity contribution in [3.05, 3.63) is 35.3 Å². The van der Waals surface area contributed by atoms with E-state index < -0.39 is 0 Å². The molecule has 0 amide bonds. The van der Waals surface area contributed by atoms with E-state index in [1.807, 2.05) is 19.0 Å². The van der Waals surface area contributed by atoms with E-state index in [-0.39, 0.29) is 0 Å². The molecular formula is C22H27N7. The molecule has 0 N–H and O–H groups in total. The normalized spacial score (nSPS) is 22.9. The number of nitriles is 1. The molecule has 5 rings (SSSR count). The average molecular weight is 390 g/mol. The Morgan fingerprint density at radius 2 is 1.93 bits per heavy atom. The molecule has 1 aliphatic carbocycles. The zero-order chi connectivity index (χ0) is 20.0. The van der Waals surface area contributed by atoms with Crippen LogP contribution in [0.3, 0.4) is 0 Å². The van der Waals surface area contributed by atoms with Crippen LogP contribution in [0.4, 0.5) is 17.5 Å². The van der Waals surface area contributed by atoms with E-state index in [0.29, 0.717) is 12.0 Å². The van der Waals surface area contributed by atoms with Crippen LogP contribution in [0.25, 0.3) is 0 Å². The summed E-state index contributed by atoms with van der Waals surface area (Å²) in [5.41, 5.74) is 3.19. The Labute approximate surface area is 172 Å². The lowest BCUT2D eigenvalue weighted by Crippen LogP contribution is -2.49. The van der Waals surface area contributed by atoms with Crippen LogP contribution >= 0.6 is 0 Å². The third kappa shape index (κ3) is 3.07. The van der Waals surface area contributed by atoms with Gasteiger partial charge in [-0.05, 0) is 49.7 Å². The number of piperidine rings is 1. The fourth-order valence-corrected chi connectivity index (χ4v) is 5.22. The lowest BCUT2D eigenvalue weighted by molar-refractivity contribution is 0.388. The largest absolute Gasteiger partial charge is 0.360 e. The maximum absolute atomic E-state index is 9.78. The number of rotatable bonds is 3. The second-order valence-electron chi connectivity index (χ2n) is 8.57. The molecule has 2 fully saturated rings. The van der Waals surface area contributed by atoms with Crippen molar-refractivity contribution in [1.82, 2.24) is 15.0 Å². The van der Waals surface area contributed by atoms with E-state index in [0.717, 1.165) is 68.3 Å². The number of hydrogen-bond acceptors (Lipinski definition) is 7. The van der Waals surface area contributed by atoms with Crippen molar-refractivity contribution in [3.63, 3.8) is 0 Å². The van der Waals surface area contributed by atoms with Crippen LogP contribution in [-0.2, 0) is 12.8 Å². The highest BCUT2D eigenvalue weighted by molar-refractivity contribution is 5.63. The predicted molar refractivity (Wildman–Crippen MR) is 113 cm³/mol. The molecule has 0 aromatic carbocycles. The number of fused-ring (bicyclic) bond motifs is 2. The van der Waals surface area contributed by atoms with Gasteiger partial charge in [0.2, 0.25) is 0 Å². The second kappa shape index (κ2) is 7.18. The van der Waals surface area contributed by atoms with E-state index in [1.165, 1.54) is 17.7 Å². The molecule has 7 heteroatoms. The van der Waals surface area contributed by atoms with Crippen molar-refractivity contribution >= 4 is 17.5 Å². The van der Waals surface area contributed by atoms with Gasteiger partial charge in [-0.2, -0.15) is 5.26 Å². The van der Waals surface area contributed by atoms with E-state index in [9.17, 15) is 5.26 Å². The molecule has 2 atom stereocenters. The first-order valence-corrected chi connectivity index (χ1v) is 10.6. The Hall–Kier alpha value is -2.88. The maximum Gasteiger partial charge on any atom is 0.172 e. The van der Waals surface area contributed by atoms with Crippen molar-refractivity contribution in [2.75, 3.05) is 48.4 Å². The maximum atomic E-state index is 9.78. The van der Waals surface area contributed by atoms with Crippen LogP contribution in [-0.4, -0.2) is 54.7 Å². The molecule has 3 aliphatic rings. The lowest BCUT2D eigenvalue weighted by atomic mass is 9.92. The van der Waals surface area contributed by atoms with Gasteiger partial charge in [0, 0.05) is 51.8 Å². The minimum Gasteiger partial charge on any atom is -0.360 e. The smallest absolute Gasteiger partial charge is 0.172 e. The molecule has 0 bridgehead atoms. The SMILES string of the molecule is CN(C)c1nccnc1N1CCC2CCN(c3nc4c(cc3C#N)CCC4)C2C1. The van der Waals surface area contributed by atoms with Crippen molar-refractivity contribution in [1.29, 1.82) is 5.26 Å². The molecule has 7 nitrogen and oxygen atoms in total. The highest BCUT2D eigenvalue weighted by atomic mass is 15.3. The summed E-state index contributed by atoms with van der Waals surface area (Å²) in [6.45, 7) is 2.87. The van der Waals surface area contributed by atoms with Gasteiger partial charge in [0.05, 0.1) is 11.6 Å². The van der Waals surface area contributed by atoms with Gasteiger partial charge < -0.3 is 14.7 Å². The Morgan fingerprint density at radius 3 is 2.76 bits per heavy atom. The van der Waals surface area contributed by atoms with E-state index in [1.54, 1.807) is 12.4 Å². The topological polar surface area (TPSA) is 72.2 Å². The van der Waals surface area contributed by atoms with Gasteiger partial charge in [-0.15, -0.1) is 0 Å². The Kier molecular flexibility index (Phi) is 4.50. The van der Waals surface area contributed by atoms with Crippen molar-refractivity contribution in [3.8, 4) is 6.07 Å². The molecule has 4 heterocycles. The van der Waals surface area contributed by atoms with Gasteiger partial charge in [0.1, 0.15) is 11.9 Å². The lowest BCUT2D eigenvalue weighted by Gasteiger charge is -2.40. The fraction of sp³-hybridized carbons (Fsp3) is 0.545. The molecule has 29 heavy (non-hydrogen) atoms. The second-order valence-corrected chi connectivity index (χ2v) is 8.57. The molecule has 2 aromatic heterocycles. The van der Waals surface area contributed by atoms with Crippen molar-refractivity contribution in [2.45, 2.75) is 38.1 Å². The highest BCUT2D eigenvalue weighted by Crippen LogP contribution is 2.38. The Morgan fingerprint density at radius 1 is 1.10 bits per heavy atom. The zero-order valence-electron chi connectivity index (χ0n) is 17.2. The average Bonchev–Trinajstić information content (AvgIpc) is 3.38. The predicted octanol–water partition coefficient (Wildman–Crippen LogP) is 2.40. The third-order valence-electron chi connectivity index (χ3n) is 6.67. The molecular weight excluding hydrogens is 362 g/mol. The quantitative estimate of drug-likeness (QED) is 0.798. The van der Waals surface area contributed by atoms with Gasteiger partial charge in [0.25, 0.3) is 0 Å². The first-order chi connectivity index (χ1) is 14.2. The summed E-state index contributed by atoms with van der Waals surface area (Å²) in [4.78, 5) is 21.0. The summed E-state index contributed by atoms with van der Waals surface area (Å²) < 4.78 is 0. The van der Waals surface area contributed by atoms with Crippen LogP contribution in [0.1, 0.15) is 36.1 Å². The minimum absolute atomic E-state index is 0.361. The molecule has 150 valence electrons. The van der Waals surface area contributed by atoms with Crippen LogP contribution < -0.4 is 14.7 Å². The summed E-state index contributed by atoms with van der Waals surface area (Å²) in [6.07, 6.45) is 9.07. The molecule has 2 unspecified atom stereocenters. The molecule has 2 aliphatic heterocycles. The summed E-state index contributed by atoms with van der Waals surface area (Å²) in [6, 6.07) is 4.87. The van der Waals surface area contributed by atoms with Crippen LogP contribution in [0.2, 0.25) is 0 Å². The molecule has 0 spiro atoms. The van der Waals surface area contributed by atoms with Crippen LogP contribution in [0.15, 0.2) is 18.5 Å². The summed E-state index contributed by atoms with van der Waals surface area (Å²) >= 11 is 0. The monoisotopic (exact) mass is 389 g/mol. The Bertz CT molecular complexity index is 964. The first-order valence-electron chi connectivity index (χ1n) is 10.6. The molecule has 2 saturated heterocycles. The number of aromatic nitrogens is 3. The van der Waals surface area contributed by atoms with Gasteiger partial charge in [-0.25, -0.2) is 15.0 Å². The van der Waals surface area contributed by atoms with Gasteiger partial charge in [0.15, 0.2) is 11.6 Å². The Balaban J connectivity index is 1.46. The summed E-state index contributed by atoms with van der Waals surface area (Å²) in [5, 5.41) is 9.78. The van der Waals surface area contributed by atoms with E-state index >= 15 is 0 Å². The summed E-state index contributed by atoms with van der Waals surface area (Å²) in [5.74, 6) is 3.40. The number of nitrogens with zero attached hydrogens (tertiary/aromatic N) is 7. The summed E-state index contributed by atoms with van der Waals surface area (Å²) in [7, 11) is 4.02. The number of hydrogen-bond donors (Lipinski definition) is 0. The first kappa shape index (κ1) is 18.2. The van der Waals surface area contributed by atoms with E-state index in [2.05, 4.69) is 31.9 Å². The number of pyridine rings is 1. The zero-order valence-corrected chi connectivity index (χ0v) is 17.2. The van der Waals surface area contributed by atoms with Crippen molar-refractivity contribution < 1.29 is 0 Å². The van der Waals surface area contributed by atoms with Gasteiger partial charge in [-0.1, -0.05) is 0 Å². The molecule has 0 radical (unpaired) electrons. The van der Waals surface area contributed by atoms with E-state index in [4.69, 9.17) is 4.98 Å². The number of aryl methyl sites for hydroxylation is 2.